The Balaban J connectivity index is 2.07. The van der Waals surface area contributed by atoms with E-state index in [1.54, 1.807) is 0 Å². The van der Waals surface area contributed by atoms with E-state index < -0.39 is 13.7 Å². The SMILES string of the molecule is O=C(NCc1ccccc1)OCCCCP(=O)(O)O. The molecule has 0 spiro atoms. The molecule has 0 aliphatic rings. The highest BCUT2D eigenvalue weighted by atomic mass is 31.2. The van der Waals surface area contributed by atoms with Gasteiger partial charge in [0.1, 0.15) is 0 Å². The Morgan fingerprint density at radius 2 is 1.89 bits per heavy atom. The Morgan fingerprint density at radius 3 is 2.53 bits per heavy atom. The molecule has 1 aromatic carbocycles. The molecular formula is C12H18NO5P. The smallest absolute Gasteiger partial charge is 0.407 e. The van der Waals surface area contributed by atoms with Gasteiger partial charge in [0.2, 0.25) is 0 Å². The number of hydrogen-bond donors (Lipinski definition) is 3. The van der Waals surface area contributed by atoms with Gasteiger partial charge in [-0.15, -0.1) is 0 Å². The van der Waals surface area contributed by atoms with Gasteiger partial charge in [0.15, 0.2) is 0 Å². The van der Waals surface area contributed by atoms with E-state index in [1.165, 1.54) is 0 Å². The van der Waals surface area contributed by atoms with E-state index in [2.05, 4.69) is 5.32 Å². The second-order valence-electron chi connectivity index (χ2n) is 4.07. The second-order valence-corrected chi connectivity index (χ2v) is 5.85. The van der Waals surface area contributed by atoms with Crippen LogP contribution in [0.3, 0.4) is 0 Å². The summed E-state index contributed by atoms with van der Waals surface area (Å²) in [7, 11) is -3.94. The van der Waals surface area contributed by atoms with Gasteiger partial charge in [0.05, 0.1) is 6.61 Å². The van der Waals surface area contributed by atoms with Crippen LogP contribution in [0.4, 0.5) is 4.79 Å². The normalized spacial score (nSPS) is 11.1. The monoisotopic (exact) mass is 287 g/mol. The van der Waals surface area contributed by atoms with Crippen molar-refractivity contribution in [3.8, 4) is 0 Å². The predicted molar refractivity (Wildman–Crippen MR) is 70.8 cm³/mol. The zero-order valence-electron chi connectivity index (χ0n) is 10.5. The van der Waals surface area contributed by atoms with Gasteiger partial charge in [0.25, 0.3) is 0 Å². The van der Waals surface area contributed by atoms with Crippen molar-refractivity contribution in [1.82, 2.24) is 5.32 Å². The maximum atomic E-state index is 11.3. The first-order chi connectivity index (χ1) is 8.97. The number of alkyl carbamates (subject to hydrolysis) is 1. The fourth-order valence-corrected chi connectivity index (χ4v) is 2.04. The zero-order valence-corrected chi connectivity index (χ0v) is 11.4. The number of benzene rings is 1. The first-order valence-corrected chi connectivity index (χ1v) is 7.76. The molecule has 0 saturated carbocycles. The Morgan fingerprint density at radius 1 is 1.21 bits per heavy atom. The van der Waals surface area contributed by atoms with Gasteiger partial charge in [0, 0.05) is 12.7 Å². The van der Waals surface area contributed by atoms with Crippen LogP contribution in [0.25, 0.3) is 0 Å². The lowest BCUT2D eigenvalue weighted by molar-refractivity contribution is 0.144. The summed E-state index contributed by atoms with van der Waals surface area (Å²) in [4.78, 5) is 28.5. The molecule has 1 amide bonds. The molecule has 0 aliphatic carbocycles. The summed E-state index contributed by atoms with van der Waals surface area (Å²) in [6.07, 6.45) is 0.0577. The molecule has 0 radical (unpaired) electrons. The lowest BCUT2D eigenvalue weighted by atomic mass is 10.2. The second kappa shape index (κ2) is 7.94. The van der Waals surface area contributed by atoms with Crippen molar-refractivity contribution in [1.29, 1.82) is 0 Å². The van der Waals surface area contributed by atoms with Crippen molar-refractivity contribution in [3.63, 3.8) is 0 Å². The molecule has 0 bridgehead atoms. The van der Waals surface area contributed by atoms with Crippen LogP contribution < -0.4 is 5.32 Å². The average molecular weight is 287 g/mol. The molecule has 0 heterocycles. The standard InChI is InChI=1S/C12H18NO5P/c14-12(13-10-11-6-2-1-3-7-11)18-8-4-5-9-19(15,16)17/h1-3,6-7H,4-5,8-10H2,(H,13,14)(H2,15,16,17). The highest BCUT2D eigenvalue weighted by Crippen LogP contribution is 2.35. The highest BCUT2D eigenvalue weighted by molar-refractivity contribution is 7.51. The van der Waals surface area contributed by atoms with Crippen molar-refractivity contribution in [3.05, 3.63) is 35.9 Å². The van der Waals surface area contributed by atoms with E-state index in [9.17, 15) is 9.36 Å². The lowest BCUT2D eigenvalue weighted by Crippen LogP contribution is -2.24. The molecule has 6 nitrogen and oxygen atoms in total. The summed E-state index contributed by atoms with van der Waals surface area (Å²) < 4.78 is 15.4. The predicted octanol–water partition coefficient (Wildman–Crippen LogP) is 1.87. The van der Waals surface area contributed by atoms with Gasteiger partial charge >= 0.3 is 13.7 Å². The number of rotatable bonds is 7. The number of carbonyl (C=O) groups is 1. The van der Waals surface area contributed by atoms with Gasteiger partial charge in [-0.3, -0.25) is 4.57 Å². The molecule has 1 aromatic rings. The number of carbonyl (C=O) groups excluding carboxylic acids is 1. The lowest BCUT2D eigenvalue weighted by Gasteiger charge is -2.07. The number of amides is 1. The Bertz CT molecular complexity index is 431. The molecule has 1 rings (SSSR count). The molecule has 0 saturated heterocycles. The van der Waals surface area contributed by atoms with E-state index in [0.29, 0.717) is 19.4 Å². The maximum Gasteiger partial charge on any atom is 0.407 e. The molecule has 0 unspecified atom stereocenters. The number of ether oxygens (including phenoxy) is 1. The van der Waals surface area contributed by atoms with Crippen LogP contribution in [-0.4, -0.2) is 28.6 Å². The van der Waals surface area contributed by atoms with Crippen LogP contribution in [0.5, 0.6) is 0 Å². The first kappa shape index (κ1) is 15.7. The Kier molecular flexibility index (Phi) is 6.56. The number of nitrogens with one attached hydrogen (secondary N) is 1. The van der Waals surface area contributed by atoms with E-state index in [-0.39, 0.29) is 12.8 Å². The fourth-order valence-electron chi connectivity index (χ4n) is 1.41. The van der Waals surface area contributed by atoms with Crippen molar-refractivity contribution < 1.29 is 23.9 Å². The number of unbranched alkanes of at least 4 members (excludes halogenated alkanes) is 1. The Labute approximate surface area is 111 Å². The summed E-state index contributed by atoms with van der Waals surface area (Å²) in [5.41, 5.74) is 0.973. The number of hydrogen-bond acceptors (Lipinski definition) is 3. The average Bonchev–Trinajstić information content (AvgIpc) is 2.36. The fraction of sp³-hybridized carbons (Fsp3) is 0.417. The van der Waals surface area contributed by atoms with E-state index >= 15 is 0 Å². The molecule has 106 valence electrons. The molecule has 0 fully saturated rings. The zero-order chi connectivity index (χ0) is 14.1. The topological polar surface area (TPSA) is 95.9 Å². The molecule has 0 aliphatic heterocycles. The van der Waals surface area contributed by atoms with Gasteiger partial charge in [-0.25, -0.2) is 4.79 Å². The molecule has 19 heavy (non-hydrogen) atoms. The third-order valence-corrected chi connectivity index (χ3v) is 3.26. The Hall–Kier alpha value is -1.36. The minimum Gasteiger partial charge on any atom is -0.450 e. The van der Waals surface area contributed by atoms with Crippen molar-refractivity contribution in [2.45, 2.75) is 19.4 Å². The van der Waals surface area contributed by atoms with Gasteiger partial charge in [-0.2, -0.15) is 0 Å². The van der Waals surface area contributed by atoms with Crippen LogP contribution in [0, 0.1) is 0 Å². The largest absolute Gasteiger partial charge is 0.450 e. The molecule has 3 N–H and O–H groups in total. The maximum absolute atomic E-state index is 11.3. The summed E-state index contributed by atoms with van der Waals surface area (Å²) in [5.74, 6) is 0. The van der Waals surface area contributed by atoms with Crippen LogP contribution in [0.2, 0.25) is 0 Å². The van der Waals surface area contributed by atoms with Crippen molar-refractivity contribution in [2.75, 3.05) is 12.8 Å². The summed E-state index contributed by atoms with van der Waals surface area (Å²) in [6.45, 7) is 0.544. The third kappa shape index (κ3) is 8.37. The summed E-state index contributed by atoms with van der Waals surface area (Å²) in [6, 6.07) is 9.43. The van der Waals surface area contributed by atoms with Crippen LogP contribution in [-0.2, 0) is 15.8 Å². The third-order valence-electron chi connectivity index (χ3n) is 2.36. The van der Waals surface area contributed by atoms with Crippen molar-refractivity contribution >= 4 is 13.7 Å². The van der Waals surface area contributed by atoms with Crippen LogP contribution in [0.15, 0.2) is 30.3 Å². The molecule has 0 aromatic heterocycles. The summed E-state index contributed by atoms with van der Waals surface area (Å²) >= 11 is 0. The van der Waals surface area contributed by atoms with E-state index in [1.807, 2.05) is 30.3 Å². The van der Waals surface area contributed by atoms with Crippen molar-refractivity contribution in [2.24, 2.45) is 0 Å². The van der Waals surface area contributed by atoms with Crippen LogP contribution in [0.1, 0.15) is 18.4 Å². The molecule has 7 heteroatoms. The van der Waals surface area contributed by atoms with Gasteiger partial charge < -0.3 is 19.8 Å². The molecular weight excluding hydrogens is 269 g/mol. The quantitative estimate of drug-likeness (QED) is 0.525. The van der Waals surface area contributed by atoms with E-state index in [4.69, 9.17) is 14.5 Å². The highest BCUT2D eigenvalue weighted by Gasteiger charge is 2.11. The first-order valence-electron chi connectivity index (χ1n) is 5.96. The molecule has 0 atom stereocenters. The van der Waals surface area contributed by atoms with Gasteiger partial charge in [-0.05, 0) is 18.4 Å². The van der Waals surface area contributed by atoms with Gasteiger partial charge in [-0.1, -0.05) is 30.3 Å². The summed E-state index contributed by atoms with van der Waals surface area (Å²) in [5, 5.41) is 2.59. The minimum atomic E-state index is -3.94. The van der Waals surface area contributed by atoms with Crippen LogP contribution >= 0.6 is 7.60 Å². The van der Waals surface area contributed by atoms with E-state index in [0.717, 1.165) is 5.56 Å². The minimum absolute atomic E-state index is 0.153.